The quantitative estimate of drug-likeness (QED) is 0.832. The molecule has 4 heteroatoms. The summed E-state index contributed by atoms with van der Waals surface area (Å²) in [6.07, 6.45) is 4.98. The van der Waals surface area contributed by atoms with E-state index in [1.807, 2.05) is 12.1 Å². The van der Waals surface area contributed by atoms with Gasteiger partial charge in [-0.3, -0.25) is 4.90 Å². The molecule has 1 aromatic heterocycles. The number of furan rings is 1. The molecule has 0 aromatic carbocycles. The highest BCUT2D eigenvalue weighted by Crippen LogP contribution is 2.33. The molecule has 2 heterocycles. The number of aliphatic hydroxyl groups excluding tert-OH is 1. The third-order valence-corrected chi connectivity index (χ3v) is 4.11. The van der Waals surface area contributed by atoms with Gasteiger partial charge in [-0.1, -0.05) is 0 Å². The Bertz CT molecular complexity index is 375. The van der Waals surface area contributed by atoms with Crippen LogP contribution in [0.25, 0.3) is 0 Å². The van der Waals surface area contributed by atoms with Crippen LogP contribution in [0.15, 0.2) is 22.8 Å². The van der Waals surface area contributed by atoms with Crippen LogP contribution in [0, 0.1) is 0 Å². The molecule has 2 fully saturated rings. The van der Waals surface area contributed by atoms with E-state index in [1.165, 1.54) is 19.3 Å². The number of nitrogens with one attached hydrogen (secondary N) is 1. The van der Waals surface area contributed by atoms with Gasteiger partial charge in [0, 0.05) is 31.2 Å². The first-order chi connectivity index (χ1) is 8.74. The molecule has 0 spiro atoms. The third-order valence-electron chi connectivity index (χ3n) is 4.11. The van der Waals surface area contributed by atoms with Crippen molar-refractivity contribution in [3.63, 3.8) is 0 Å². The molecular formula is C14H22N2O2. The Kier molecular flexibility index (Phi) is 3.41. The van der Waals surface area contributed by atoms with E-state index in [0.717, 1.165) is 12.6 Å². The summed E-state index contributed by atoms with van der Waals surface area (Å²) in [6, 6.07) is 5.65. The zero-order valence-electron chi connectivity index (χ0n) is 10.9. The summed E-state index contributed by atoms with van der Waals surface area (Å²) < 4.78 is 5.20. The summed E-state index contributed by atoms with van der Waals surface area (Å²) in [5.74, 6) is 0.646. The predicted molar refractivity (Wildman–Crippen MR) is 69.3 cm³/mol. The molecule has 0 bridgehead atoms. The van der Waals surface area contributed by atoms with Crippen molar-refractivity contribution in [3.05, 3.63) is 24.2 Å². The highest BCUT2D eigenvalue weighted by atomic mass is 16.4. The van der Waals surface area contributed by atoms with Crippen LogP contribution in [0.1, 0.15) is 38.1 Å². The molecular weight excluding hydrogens is 228 g/mol. The molecule has 3 atom stereocenters. The first kappa shape index (κ1) is 12.2. The number of hydrogen-bond donors (Lipinski definition) is 2. The van der Waals surface area contributed by atoms with E-state index >= 15 is 0 Å². The summed E-state index contributed by atoms with van der Waals surface area (Å²) in [6.45, 7) is 4.00. The minimum Gasteiger partial charge on any atom is -0.467 e. The summed E-state index contributed by atoms with van der Waals surface area (Å²) in [4.78, 5) is 2.61. The Morgan fingerprint density at radius 3 is 3.06 bits per heavy atom. The Balaban J connectivity index is 1.46. The van der Waals surface area contributed by atoms with Gasteiger partial charge in [0.05, 0.1) is 6.26 Å². The fourth-order valence-corrected chi connectivity index (χ4v) is 2.98. The molecule has 1 aliphatic heterocycles. The molecule has 18 heavy (non-hydrogen) atoms. The normalized spacial score (nSPS) is 30.8. The van der Waals surface area contributed by atoms with Crippen molar-refractivity contribution in [2.45, 2.75) is 50.4 Å². The Morgan fingerprint density at radius 1 is 1.56 bits per heavy atom. The third kappa shape index (κ3) is 2.60. The average molecular weight is 250 g/mol. The van der Waals surface area contributed by atoms with Gasteiger partial charge >= 0.3 is 0 Å². The molecule has 0 amide bonds. The maximum atomic E-state index is 9.95. The van der Waals surface area contributed by atoms with Crippen LogP contribution in [0.3, 0.4) is 0 Å². The summed E-state index contributed by atoms with van der Waals surface area (Å²) in [7, 11) is 0. The Morgan fingerprint density at radius 2 is 2.39 bits per heavy atom. The van der Waals surface area contributed by atoms with Crippen molar-refractivity contribution < 1.29 is 9.52 Å². The molecule has 100 valence electrons. The van der Waals surface area contributed by atoms with Gasteiger partial charge in [-0.25, -0.2) is 0 Å². The molecule has 1 aliphatic carbocycles. The number of nitrogens with zero attached hydrogens (tertiary/aromatic N) is 1. The molecule has 3 unspecified atom stereocenters. The van der Waals surface area contributed by atoms with Crippen LogP contribution >= 0.6 is 0 Å². The highest BCUT2D eigenvalue weighted by molar-refractivity contribution is 5.03. The van der Waals surface area contributed by atoms with Crippen LogP contribution in [-0.4, -0.2) is 41.2 Å². The lowest BCUT2D eigenvalue weighted by molar-refractivity contribution is 0.143. The van der Waals surface area contributed by atoms with Crippen molar-refractivity contribution in [1.82, 2.24) is 10.2 Å². The van der Waals surface area contributed by atoms with Gasteiger partial charge < -0.3 is 14.8 Å². The number of likely N-dealkylation sites (tertiary alicyclic amines) is 1. The van der Waals surface area contributed by atoms with Crippen molar-refractivity contribution in [3.8, 4) is 0 Å². The van der Waals surface area contributed by atoms with Gasteiger partial charge in [0.25, 0.3) is 0 Å². The van der Waals surface area contributed by atoms with E-state index in [1.54, 1.807) is 6.26 Å². The van der Waals surface area contributed by atoms with E-state index in [9.17, 15) is 5.11 Å². The van der Waals surface area contributed by atoms with E-state index in [2.05, 4.69) is 17.1 Å². The molecule has 2 aliphatic rings. The molecule has 0 radical (unpaired) electrons. The van der Waals surface area contributed by atoms with Crippen molar-refractivity contribution in [2.75, 3.05) is 13.1 Å². The minimum absolute atomic E-state index is 0.505. The van der Waals surface area contributed by atoms with Gasteiger partial charge in [0.2, 0.25) is 0 Å². The van der Waals surface area contributed by atoms with Crippen LogP contribution in [0.4, 0.5) is 0 Å². The van der Waals surface area contributed by atoms with Gasteiger partial charge in [-0.2, -0.15) is 0 Å². The van der Waals surface area contributed by atoms with Crippen LogP contribution in [-0.2, 0) is 0 Å². The second-order valence-electron chi connectivity index (χ2n) is 5.65. The smallest absolute Gasteiger partial charge is 0.133 e. The van der Waals surface area contributed by atoms with E-state index in [-0.39, 0.29) is 0 Å². The molecule has 1 aromatic rings. The SMILES string of the molecule is CC1CC(NCC(O)c2ccco2)CN1C1CC1. The van der Waals surface area contributed by atoms with Crippen molar-refractivity contribution >= 4 is 0 Å². The van der Waals surface area contributed by atoms with Crippen molar-refractivity contribution in [2.24, 2.45) is 0 Å². The number of rotatable bonds is 5. The van der Waals surface area contributed by atoms with Crippen molar-refractivity contribution in [1.29, 1.82) is 0 Å². The van der Waals surface area contributed by atoms with Crippen LogP contribution in [0.2, 0.25) is 0 Å². The lowest BCUT2D eigenvalue weighted by Crippen LogP contribution is -2.36. The minimum atomic E-state index is -0.537. The Hall–Kier alpha value is -0.840. The lowest BCUT2D eigenvalue weighted by atomic mass is 10.2. The monoisotopic (exact) mass is 250 g/mol. The van der Waals surface area contributed by atoms with E-state index in [4.69, 9.17) is 4.42 Å². The van der Waals surface area contributed by atoms with Crippen LogP contribution in [0.5, 0.6) is 0 Å². The first-order valence-corrected chi connectivity index (χ1v) is 6.94. The topological polar surface area (TPSA) is 48.6 Å². The van der Waals surface area contributed by atoms with Gasteiger partial charge in [-0.15, -0.1) is 0 Å². The second-order valence-corrected chi connectivity index (χ2v) is 5.65. The fraction of sp³-hybridized carbons (Fsp3) is 0.714. The molecule has 4 nitrogen and oxygen atoms in total. The number of hydrogen-bond acceptors (Lipinski definition) is 4. The molecule has 3 rings (SSSR count). The maximum absolute atomic E-state index is 9.95. The fourth-order valence-electron chi connectivity index (χ4n) is 2.98. The van der Waals surface area contributed by atoms with Gasteiger partial charge in [0.15, 0.2) is 0 Å². The zero-order valence-corrected chi connectivity index (χ0v) is 10.9. The van der Waals surface area contributed by atoms with E-state index < -0.39 is 6.10 Å². The number of aliphatic hydroxyl groups is 1. The first-order valence-electron chi connectivity index (χ1n) is 6.94. The predicted octanol–water partition coefficient (Wildman–Crippen LogP) is 1.53. The summed E-state index contributed by atoms with van der Waals surface area (Å²) >= 11 is 0. The Labute approximate surface area is 108 Å². The molecule has 2 N–H and O–H groups in total. The van der Waals surface area contributed by atoms with Crippen LogP contribution < -0.4 is 5.32 Å². The molecule has 1 saturated heterocycles. The molecule has 1 saturated carbocycles. The second kappa shape index (κ2) is 5.03. The maximum Gasteiger partial charge on any atom is 0.133 e. The van der Waals surface area contributed by atoms with E-state index in [0.29, 0.717) is 24.4 Å². The largest absolute Gasteiger partial charge is 0.467 e. The summed E-state index contributed by atoms with van der Waals surface area (Å²) in [5, 5.41) is 13.4. The van der Waals surface area contributed by atoms with Gasteiger partial charge in [0.1, 0.15) is 11.9 Å². The average Bonchev–Trinajstić information content (AvgIpc) is 2.91. The van der Waals surface area contributed by atoms with Gasteiger partial charge in [-0.05, 0) is 38.3 Å². The standard InChI is InChI=1S/C14H22N2O2/c1-10-7-11(9-16(10)12-4-5-12)15-8-13(17)14-3-2-6-18-14/h2-3,6,10-13,15,17H,4-5,7-9H2,1H3. The summed E-state index contributed by atoms with van der Waals surface area (Å²) in [5.41, 5.74) is 0. The zero-order chi connectivity index (χ0) is 12.5. The highest BCUT2D eigenvalue weighted by Gasteiger charge is 2.38. The lowest BCUT2D eigenvalue weighted by Gasteiger charge is -2.20.